The number of aromatic nitrogens is 2. The molecule has 0 radical (unpaired) electrons. The number of rotatable bonds is 3. The fourth-order valence-electron chi connectivity index (χ4n) is 2.44. The van der Waals surface area contributed by atoms with E-state index in [2.05, 4.69) is 26.3 Å². The van der Waals surface area contributed by atoms with Crippen molar-refractivity contribution in [1.82, 2.24) is 9.78 Å². The lowest BCUT2D eigenvalue weighted by Crippen LogP contribution is -2.27. The Kier molecular flexibility index (Phi) is 3.96. The summed E-state index contributed by atoms with van der Waals surface area (Å²) in [4.78, 5) is 12.1. The number of nitrogens with one attached hydrogen (secondary N) is 1. The van der Waals surface area contributed by atoms with Gasteiger partial charge in [-0.05, 0) is 46.5 Å². The number of halogens is 1. The van der Waals surface area contributed by atoms with Crippen molar-refractivity contribution in [3.63, 3.8) is 0 Å². The first kappa shape index (κ1) is 14.1. The second-order valence-electron chi connectivity index (χ2n) is 5.00. The topological polar surface area (TPSA) is 56.2 Å². The van der Waals surface area contributed by atoms with Crippen molar-refractivity contribution in [2.45, 2.75) is 19.4 Å². The lowest BCUT2D eigenvalue weighted by molar-refractivity contribution is 0.412. The Balaban J connectivity index is 1.91. The molecule has 21 heavy (non-hydrogen) atoms. The van der Waals surface area contributed by atoms with Gasteiger partial charge in [-0.1, -0.05) is 6.07 Å². The molecule has 0 atom stereocenters. The normalized spacial score (nSPS) is 13.4. The van der Waals surface area contributed by atoms with Crippen LogP contribution in [0.25, 0.3) is 0 Å². The molecule has 1 aromatic carbocycles. The van der Waals surface area contributed by atoms with Crippen LogP contribution < -0.4 is 15.6 Å². The second kappa shape index (κ2) is 5.89. The first-order chi connectivity index (χ1) is 10.2. The van der Waals surface area contributed by atoms with Gasteiger partial charge in [0.25, 0.3) is 5.56 Å². The number of ether oxygens (including phenoxy) is 1. The number of hydrogen-bond donors (Lipinski definition) is 1. The van der Waals surface area contributed by atoms with Crippen LogP contribution in [0.1, 0.15) is 17.7 Å². The van der Waals surface area contributed by atoms with Crippen molar-refractivity contribution in [3.05, 3.63) is 50.3 Å². The number of anilines is 1. The van der Waals surface area contributed by atoms with Crippen LogP contribution in [0.5, 0.6) is 5.75 Å². The monoisotopic (exact) mass is 349 g/mol. The SMILES string of the molecule is COc1ccc(Cn2nc3c(cc2=O)NCCC3)cc1Br. The van der Waals surface area contributed by atoms with Crippen LogP contribution in [0.15, 0.2) is 33.5 Å². The van der Waals surface area contributed by atoms with E-state index < -0.39 is 0 Å². The summed E-state index contributed by atoms with van der Waals surface area (Å²) < 4.78 is 7.59. The lowest BCUT2D eigenvalue weighted by atomic mass is 10.1. The third-order valence-corrected chi connectivity index (χ3v) is 4.15. The van der Waals surface area contributed by atoms with E-state index in [-0.39, 0.29) is 5.56 Å². The Morgan fingerprint density at radius 2 is 2.29 bits per heavy atom. The third-order valence-electron chi connectivity index (χ3n) is 3.53. The summed E-state index contributed by atoms with van der Waals surface area (Å²) >= 11 is 3.46. The van der Waals surface area contributed by atoms with Crippen LogP contribution in [-0.4, -0.2) is 23.4 Å². The van der Waals surface area contributed by atoms with Gasteiger partial charge in [0.2, 0.25) is 0 Å². The van der Waals surface area contributed by atoms with Crippen molar-refractivity contribution in [2.24, 2.45) is 0 Å². The molecule has 1 aromatic heterocycles. The molecular formula is C15H16BrN3O2. The van der Waals surface area contributed by atoms with Gasteiger partial charge in [-0.25, -0.2) is 4.68 Å². The number of nitrogens with zero attached hydrogens (tertiary/aromatic N) is 2. The van der Waals surface area contributed by atoms with E-state index in [0.717, 1.165) is 46.6 Å². The quantitative estimate of drug-likeness (QED) is 0.924. The molecule has 0 amide bonds. The maximum Gasteiger partial charge on any atom is 0.269 e. The number of benzene rings is 1. The fraction of sp³-hybridized carbons (Fsp3) is 0.333. The van der Waals surface area contributed by atoms with Crippen molar-refractivity contribution in [3.8, 4) is 5.75 Å². The summed E-state index contributed by atoms with van der Waals surface area (Å²) in [6.07, 6.45) is 1.96. The summed E-state index contributed by atoms with van der Waals surface area (Å²) in [5, 5.41) is 7.69. The first-order valence-corrected chi connectivity index (χ1v) is 7.64. The maximum atomic E-state index is 12.1. The molecule has 0 fully saturated rings. The highest BCUT2D eigenvalue weighted by Gasteiger charge is 2.13. The maximum absolute atomic E-state index is 12.1. The molecule has 0 bridgehead atoms. The Hall–Kier alpha value is -1.82. The minimum atomic E-state index is -0.0879. The smallest absolute Gasteiger partial charge is 0.269 e. The highest BCUT2D eigenvalue weighted by Crippen LogP contribution is 2.25. The van der Waals surface area contributed by atoms with E-state index in [1.165, 1.54) is 4.68 Å². The molecule has 0 spiro atoms. The first-order valence-electron chi connectivity index (χ1n) is 6.84. The van der Waals surface area contributed by atoms with Gasteiger partial charge in [0, 0.05) is 12.6 Å². The van der Waals surface area contributed by atoms with Crippen molar-refractivity contribution < 1.29 is 4.74 Å². The van der Waals surface area contributed by atoms with Crippen LogP contribution >= 0.6 is 15.9 Å². The zero-order valence-electron chi connectivity index (χ0n) is 11.7. The van der Waals surface area contributed by atoms with Crippen LogP contribution in [0, 0.1) is 0 Å². The average Bonchev–Trinajstić information content (AvgIpc) is 2.48. The summed E-state index contributed by atoms with van der Waals surface area (Å²) in [5.74, 6) is 0.772. The van der Waals surface area contributed by atoms with Gasteiger partial charge >= 0.3 is 0 Å². The summed E-state index contributed by atoms with van der Waals surface area (Å²) in [6.45, 7) is 1.36. The van der Waals surface area contributed by atoms with Crippen molar-refractivity contribution >= 4 is 21.6 Å². The van der Waals surface area contributed by atoms with Gasteiger partial charge in [0.05, 0.1) is 29.5 Å². The van der Waals surface area contributed by atoms with Crippen LogP contribution in [0.4, 0.5) is 5.69 Å². The van der Waals surface area contributed by atoms with Gasteiger partial charge in [-0.3, -0.25) is 4.79 Å². The zero-order chi connectivity index (χ0) is 14.8. The number of methoxy groups -OCH3 is 1. The predicted molar refractivity (Wildman–Crippen MR) is 85.1 cm³/mol. The highest BCUT2D eigenvalue weighted by atomic mass is 79.9. The number of aryl methyl sites for hydroxylation is 1. The lowest BCUT2D eigenvalue weighted by Gasteiger charge is -2.17. The van der Waals surface area contributed by atoms with E-state index in [4.69, 9.17) is 4.74 Å². The van der Waals surface area contributed by atoms with Gasteiger partial charge in [-0.15, -0.1) is 0 Å². The van der Waals surface area contributed by atoms with Gasteiger partial charge in [-0.2, -0.15) is 5.10 Å². The van der Waals surface area contributed by atoms with Gasteiger partial charge in [0.15, 0.2) is 0 Å². The molecule has 110 valence electrons. The van der Waals surface area contributed by atoms with Crippen LogP contribution in [0.3, 0.4) is 0 Å². The summed E-state index contributed by atoms with van der Waals surface area (Å²) in [5.41, 5.74) is 2.75. The molecule has 0 unspecified atom stereocenters. The molecule has 0 saturated carbocycles. The molecule has 6 heteroatoms. The second-order valence-corrected chi connectivity index (χ2v) is 5.85. The molecule has 1 aliphatic rings. The molecule has 1 aliphatic heterocycles. The molecule has 0 saturated heterocycles. The Morgan fingerprint density at radius 3 is 3.05 bits per heavy atom. The van der Waals surface area contributed by atoms with E-state index in [9.17, 15) is 4.79 Å². The van der Waals surface area contributed by atoms with Gasteiger partial charge in [0.1, 0.15) is 5.75 Å². The van der Waals surface area contributed by atoms with E-state index >= 15 is 0 Å². The molecular weight excluding hydrogens is 334 g/mol. The third kappa shape index (κ3) is 2.95. The minimum Gasteiger partial charge on any atom is -0.496 e. The largest absolute Gasteiger partial charge is 0.496 e. The molecule has 1 N–H and O–H groups in total. The molecule has 0 aliphatic carbocycles. The van der Waals surface area contributed by atoms with E-state index in [0.29, 0.717) is 6.54 Å². The van der Waals surface area contributed by atoms with Crippen molar-refractivity contribution in [2.75, 3.05) is 19.0 Å². The molecule has 5 nitrogen and oxygen atoms in total. The van der Waals surface area contributed by atoms with Crippen molar-refractivity contribution in [1.29, 1.82) is 0 Å². The average molecular weight is 350 g/mol. The minimum absolute atomic E-state index is 0.0879. The Labute approximate surface area is 131 Å². The molecule has 2 heterocycles. The number of hydrogen-bond acceptors (Lipinski definition) is 4. The molecule has 2 aromatic rings. The van der Waals surface area contributed by atoms with Crippen LogP contribution in [-0.2, 0) is 13.0 Å². The Bertz CT molecular complexity index is 727. The summed E-state index contributed by atoms with van der Waals surface area (Å²) in [6, 6.07) is 7.41. The number of fused-ring (bicyclic) bond motifs is 1. The zero-order valence-corrected chi connectivity index (χ0v) is 13.3. The standard InChI is InChI=1S/C15H16BrN3O2/c1-21-14-5-4-10(7-11(14)16)9-19-15(20)8-13-12(18-19)3-2-6-17-13/h4-5,7-8,17H,2-3,6,9H2,1H3. The fourth-order valence-corrected chi connectivity index (χ4v) is 3.03. The predicted octanol–water partition coefficient (Wildman–Crippen LogP) is 2.42. The van der Waals surface area contributed by atoms with Gasteiger partial charge < -0.3 is 10.1 Å². The molecule has 3 rings (SSSR count). The van der Waals surface area contributed by atoms with E-state index in [1.54, 1.807) is 13.2 Å². The Morgan fingerprint density at radius 1 is 1.43 bits per heavy atom. The van der Waals surface area contributed by atoms with Crippen LogP contribution in [0.2, 0.25) is 0 Å². The van der Waals surface area contributed by atoms with E-state index in [1.807, 2.05) is 18.2 Å². The summed E-state index contributed by atoms with van der Waals surface area (Å²) in [7, 11) is 1.63. The highest BCUT2D eigenvalue weighted by molar-refractivity contribution is 9.10.